The predicted octanol–water partition coefficient (Wildman–Crippen LogP) is -0.430. The summed E-state index contributed by atoms with van der Waals surface area (Å²) in [4.78, 5) is 16.0. The Morgan fingerprint density at radius 3 is 2.88 bits per heavy atom. The lowest BCUT2D eigenvalue weighted by Gasteiger charge is -2.37. The quantitative estimate of drug-likeness (QED) is 0.663. The molecule has 2 heterocycles. The first-order valence-corrected chi connectivity index (χ1v) is 5.76. The minimum Gasteiger partial charge on any atom is -0.385 e. The van der Waals surface area contributed by atoms with Gasteiger partial charge < -0.3 is 20.3 Å². The van der Waals surface area contributed by atoms with Crippen molar-refractivity contribution in [1.29, 1.82) is 0 Å². The van der Waals surface area contributed by atoms with Gasteiger partial charge in [0.25, 0.3) is 5.56 Å². The Balaban J connectivity index is 2.11. The van der Waals surface area contributed by atoms with E-state index in [2.05, 4.69) is 15.6 Å². The second kappa shape index (κ2) is 4.46. The first-order chi connectivity index (χ1) is 8.02. The number of nitrogens with one attached hydrogen (secondary N) is 2. The van der Waals surface area contributed by atoms with Crippen LogP contribution in [0.2, 0.25) is 0 Å². The molecule has 1 aliphatic rings. The molecule has 94 valence electrons. The van der Waals surface area contributed by atoms with Gasteiger partial charge in [-0.2, -0.15) is 0 Å². The van der Waals surface area contributed by atoms with Gasteiger partial charge in [-0.25, -0.2) is 4.98 Å². The highest BCUT2D eigenvalue weighted by atomic mass is 16.3. The fraction of sp³-hybridized carbons (Fsp3) is 0.636. The monoisotopic (exact) mass is 238 g/mol. The van der Waals surface area contributed by atoms with Crippen molar-refractivity contribution in [3.63, 3.8) is 0 Å². The molecule has 0 radical (unpaired) electrons. The summed E-state index contributed by atoms with van der Waals surface area (Å²) in [5.74, 6) is 0.293. The Hall–Kier alpha value is -1.40. The number of anilines is 1. The molecule has 0 aromatic carbocycles. The molecule has 6 nitrogen and oxygen atoms in total. The van der Waals surface area contributed by atoms with Crippen LogP contribution in [0.15, 0.2) is 17.2 Å². The van der Waals surface area contributed by atoms with Crippen molar-refractivity contribution < 1.29 is 5.11 Å². The zero-order valence-electron chi connectivity index (χ0n) is 10.1. The summed E-state index contributed by atoms with van der Waals surface area (Å²) >= 11 is 0. The van der Waals surface area contributed by atoms with Crippen molar-refractivity contribution >= 4 is 5.82 Å². The fourth-order valence-electron chi connectivity index (χ4n) is 1.74. The van der Waals surface area contributed by atoms with E-state index in [1.54, 1.807) is 17.0 Å². The number of nitrogens with zero attached hydrogens (tertiary/aromatic N) is 2. The molecule has 0 amide bonds. The molecule has 0 saturated carbocycles. The van der Waals surface area contributed by atoms with Crippen LogP contribution in [0.4, 0.5) is 5.82 Å². The summed E-state index contributed by atoms with van der Waals surface area (Å²) in [6, 6.07) is 0.0968. The number of hydrogen-bond donors (Lipinski definition) is 3. The lowest BCUT2D eigenvalue weighted by molar-refractivity contribution is 0.00303. The van der Waals surface area contributed by atoms with Crippen molar-refractivity contribution in [3.05, 3.63) is 22.7 Å². The molecule has 1 saturated heterocycles. The number of β-amino-alcohol motifs (C(OH)–C–C–N with tert-alkyl or cyclic N) is 1. The van der Waals surface area contributed by atoms with E-state index in [1.807, 2.05) is 13.8 Å². The van der Waals surface area contributed by atoms with Gasteiger partial charge in [0.15, 0.2) is 5.82 Å². The molecule has 2 rings (SSSR count). The Kier molecular flexibility index (Phi) is 3.17. The highest BCUT2D eigenvalue weighted by Crippen LogP contribution is 2.10. The largest absolute Gasteiger partial charge is 0.385 e. The molecule has 1 fully saturated rings. The molecule has 0 unspecified atom stereocenters. The normalized spacial score (nSPS) is 17.9. The highest BCUT2D eigenvalue weighted by molar-refractivity contribution is 5.32. The van der Waals surface area contributed by atoms with Gasteiger partial charge in [-0.1, -0.05) is 0 Å². The van der Waals surface area contributed by atoms with Crippen molar-refractivity contribution in [2.75, 3.05) is 25.0 Å². The fourth-order valence-corrected chi connectivity index (χ4v) is 1.74. The number of hydrogen-bond acceptors (Lipinski definition) is 5. The predicted molar refractivity (Wildman–Crippen MR) is 65.2 cm³/mol. The topological polar surface area (TPSA) is 79.2 Å². The summed E-state index contributed by atoms with van der Waals surface area (Å²) in [7, 11) is 0. The third-order valence-corrected chi connectivity index (χ3v) is 2.92. The maximum absolute atomic E-state index is 12.0. The standard InChI is InChI=1S/C11H18N4O2/c1-8(2)15-4-3-13-9(10(15)16)14-7-11(17)5-12-6-11/h3-4,8,12,17H,5-7H2,1-2H3,(H,13,14). The Bertz CT molecular complexity index is 451. The van der Waals surface area contributed by atoms with Gasteiger partial charge in [0.1, 0.15) is 5.60 Å². The van der Waals surface area contributed by atoms with Gasteiger partial charge in [0.05, 0.1) is 0 Å². The number of aliphatic hydroxyl groups is 1. The molecular weight excluding hydrogens is 220 g/mol. The minimum atomic E-state index is -0.757. The van der Waals surface area contributed by atoms with E-state index in [0.717, 1.165) is 0 Å². The third-order valence-electron chi connectivity index (χ3n) is 2.92. The molecule has 6 heteroatoms. The van der Waals surface area contributed by atoms with Crippen LogP contribution < -0.4 is 16.2 Å². The van der Waals surface area contributed by atoms with Gasteiger partial charge in [-0.15, -0.1) is 0 Å². The van der Waals surface area contributed by atoms with Crippen molar-refractivity contribution in [2.24, 2.45) is 0 Å². The van der Waals surface area contributed by atoms with E-state index in [4.69, 9.17) is 0 Å². The summed E-state index contributed by atoms with van der Waals surface area (Å²) in [5.41, 5.74) is -0.912. The third kappa shape index (κ3) is 2.48. The molecule has 0 atom stereocenters. The van der Waals surface area contributed by atoms with Crippen LogP contribution in [-0.4, -0.2) is 39.9 Å². The van der Waals surface area contributed by atoms with E-state index in [-0.39, 0.29) is 11.6 Å². The van der Waals surface area contributed by atoms with Gasteiger partial charge in [0.2, 0.25) is 0 Å². The highest BCUT2D eigenvalue weighted by Gasteiger charge is 2.34. The Morgan fingerprint density at radius 1 is 1.65 bits per heavy atom. The van der Waals surface area contributed by atoms with E-state index in [9.17, 15) is 9.90 Å². The van der Waals surface area contributed by atoms with Gasteiger partial charge in [-0.3, -0.25) is 4.79 Å². The second-order valence-electron chi connectivity index (χ2n) is 4.76. The molecule has 1 aliphatic heterocycles. The summed E-state index contributed by atoms with van der Waals surface area (Å²) in [6.45, 7) is 5.31. The average molecular weight is 238 g/mol. The minimum absolute atomic E-state index is 0.0968. The maximum Gasteiger partial charge on any atom is 0.293 e. The molecule has 0 bridgehead atoms. The Morgan fingerprint density at radius 2 is 2.35 bits per heavy atom. The van der Waals surface area contributed by atoms with Gasteiger partial charge >= 0.3 is 0 Å². The number of aromatic nitrogens is 2. The summed E-state index contributed by atoms with van der Waals surface area (Å²) in [5, 5.41) is 15.8. The molecule has 1 aromatic rings. The smallest absolute Gasteiger partial charge is 0.293 e. The van der Waals surface area contributed by atoms with Crippen LogP contribution in [0, 0.1) is 0 Å². The zero-order valence-corrected chi connectivity index (χ0v) is 10.1. The Labute approximate surface area is 99.7 Å². The van der Waals surface area contributed by atoms with Crippen LogP contribution in [0.3, 0.4) is 0 Å². The second-order valence-corrected chi connectivity index (χ2v) is 4.76. The summed E-state index contributed by atoms with van der Waals surface area (Å²) < 4.78 is 1.61. The molecule has 17 heavy (non-hydrogen) atoms. The zero-order chi connectivity index (χ0) is 12.5. The molecule has 3 N–H and O–H groups in total. The van der Waals surface area contributed by atoms with Gasteiger partial charge in [0, 0.05) is 38.1 Å². The van der Waals surface area contributed by atoms with Crippen LogP contribution in [-0.2, 0) is 0 Å². The summed E-state index contributed by atoms with van der Waals surface area (Å²) in [6.07, 6.45) is 3.25. The van der Waals surface area contributed by atoms with Gasteiger partial charge in [-0.05, 0) is 13.8 Å². The van der Waals surface area contributed by atoms with E-state index in [0.29, 0.717) is 25.5 Å². The van der Waals surface area contributed by atoms with Crippen LogP contribution in [0.25, 0.3) is 0 Å². The molecule has 0 aliphatic carbocycles. The van der Waals surface area contributed by atoms with E-state index < -0.39 is 5.60 Å². The van der Waals surface area contributed by atoms with Crippen molar-refractivity contribution in [1.82, 2.24) is 14.9 Å². The first kappa shape index (κ1) is 12.1. The molecule has 1 aromatic heterocycles. The maximum atomic E-state index is 12.0. The lowest BCUT2D eigenvalue weighted by Crippen LogP contribution is -2.63. The van der Waals surface area contributed by atoms with E-state index in [1.165, 1.54) is 0 Å². The molecule has 0 spiro atoms. The average Bonchev–Trinajstić information content (AvgIpc) is 2.25. The van der Waals surface area contributed by atoms with Crippen LogP contribution in [0.5, 0.6) is 0 Å². The first-order valence-electron chi connectivity index (χ1n) is 5.76. The number of rotatable bonds is 4. The van der Waals surface area contributed by atoms with Crippen LogP contribution in [0.1, 0.15) is 19.9 Å². The van der Waals surface area contributed by atoms with Crippen LogP contribution >= 0.6 is 0 Å². The lowest BCUT2D eigenvalue weighted by atomic mass is 9.97. The van der Waals surface area contributed by atoms with Crippen molar-refractivity contribution in [2.45, 2.75) is 25.5 Å². The van der Waals surface area contributed by atoms with Crippen molar-refractivity contribution in [3.8, 4) is 0 Å². The van der Waals surface area contributed by atoms with E-state index >= 15 is 0 Å². The SMILES string of the molecule is CC(C)n1ccnc(NCC2(O)CNC2)c1=O. The molecular formula is C11H18N4O2.